The van der Waals surface area contributed by atoms with Crippen LogP contribution in [0.4, 0.5) is 0 Å². The number of likely N-dealkylation sites (N-methyl/N-ethyl adjacent to an activating group) is 1. The minimum Gasteiger partial charge on any atom is -0.467 e. The summed E-state index contributed by atoms with van der Waals surface area (Å²) in [4.78, 5) is 37.5. The largest absolute Gasteiger partial charge is 0.467 e. The van der Waals surface area contributed by atoms with E-state index in [4.69, 9.17) is 9.15 Å². The molecule has 0 aliphatic carbocycles. The van der Waals surface area contributed by atoms with Gasteiger partial charge in [0.05, 0.1) is 19.9 Å². The number of nitrogens with zero attached hydrogens (tertiary/aromatic N) is 1. The van der Waals surface area contributed by atoms with Gasteiger partial charge in [-0.05, 0) is 29.8 Å². The van der Waals surface area contributed by atoms with Crippen LogP contribution in [0.3, 0.4) is 0 Å². The maximum atomic E-state index is 12.2. The molecule has 1 unspecified atom stereocenters. The third-order valence-corrected chi connectivity index (χ3v) is 3.93. The molecule has 0 saturated carbocycles. The Morgan fingerprint density at radius 1 is 1.24 bits per heavy atom. The van der Waals surface area contributed by atoms with Crippen LogP contribution >= 0.6 is 15.9 Å². The van der Waals surface area contributed by atoms with Crippen LogP contribution in [0.1, 0.15) is 22.2 Å². The van der Waals surface area contributed by atoms with E-state index in [2.05, 4.69) is 21.2 Å². The molecule has 0 fully saturated rings. The summed E-state index contributed by atoms with van der Waals surface area (Å²) in [7, 11) is 2.71. The number of amides is 2. The van der Waals surface area contributed by atoms with E-state index < -0.39 is 23.8 Å². The standard InChI is InChI=1S/C17H17BrN2O5/c1-20(16(22)13-4-3-9-25-13)10-14(21)19-15(17(23)24-2)11-5-7-12(18)8-6-11/h3-9,15H,10H2,1-2H3,(H,19,21). The van der Waals surface area contributed by atoms with E-state index >= 15 is 0 Å². The number of benzene rings is 1. The van der Waals surface area contributed by atoms with Crippen molar-refractivity contribution in [2.45, 2.75) is 6.04 Å². The zero-order chi connectivity index (χ0) is 18.4. The van der Waals surface area contributed by atoms with E-state index in [1.54, 1.807) is 30.3 Å². The monoisotopic (exact) mass is 408 g/mol. The second kappa shape index (κ2) is 8.48. The number of rotatable bonds is 6. The predicted molar refractivity (Wildman–Crippen MR) is 92.7 cm³/mol. The molecule has 0 aliphatic heterocycles. The van der Waals surface area contributed by atoms with Crippen LogP contribution in [0.2, 0.25) is 0 Å². The van der Waals surface area contributed by atoms with Crippen LogP contribution in [0.5, 0.6) is 0 Å². The summed E-state index contributed by atoms with van der Waals surface area (Å²) >= 11 is 3.31. The smallest absolute Gasteiger partial charge is 0.333 e. The van der Waals surface area contributed by atoms with Gasteiger partial charge in [0.15, 0.2) is 11.8 Å². The normalized spacial score (nSPS) is 11.5. The van der Waals surface area contributed by atoms with Gasteiger partial charge in [-0.3, -0.25) is 9.59 Å². The molecule has 1 heterocycles. The van der Waals surface area contributed by atoms with Crippen molar-refractivity contribution in [3.63, 3.8) is 0 Å². The molecule has 1 aromatic carbocycles. The average Bonchev–Trinajstić information content (AvgIpc) is 3.13. The van der Waals surface area contributed by atoms with Gasteiger partial charge >= 0.3 is 5.97 Å². The molecule has 0 saturated heterocycles. The zero-order valence-electron chi connectivity index (χ0n) is 13.7. The van der Waals surface area contributed by atoms with Gasteiger partial charge in [0.25, 0.3) is 5.91 Å². The van der Waals surface area contributed by atoms with E-state index in [-0.39, 0.29) is 12.3 Å². The number of carbonyl (C=O) groups excluding carboxylic acids is 3. The van der Waals surface area contributed by atoms with Crippen molar-refractivity contribution in [1.29, 1.82) is 0 Å². The Bertz CT molecular complexity index is 743. The molecule has 2 rings (SSSR count). The lowest BCUT2D eigenvalue weighted by Crippen LogP contribution is -2.42. The highest BCUT2D eigenvalue weighted by atomic mass is 79.9. The molecule has 1 atom stereocenters. The van der Waals surface area contributed by atoms with E-state index in [9.17, 15) is 14.4 Å². The molecule has 2 aromatic rings. The molecule has 132 valence electrons. The van der Waals surface area contributed by atoms with Crippen molar-refractivity contribution in [1.82, 2.24) is 10.2 Å². The van der Waals surface area contributed by atoms with Gasteiger partial charge in [-0.2, -0.15) is 0 Å². The van der Waals surface area contributed by atoms with E-state index in [0.29, 0.717) is 5.56 Å². The minimum atomic E-state index is -0.960. The summed E-state index contributed by atoms with van der Waals surface area (Å²) in [6.07, 6.45) is 1.38. The third-order valence-electron chi connectivity index (χ3n) is 3.40. The van der Waals surface area contributed by atoms with Gasteiger partial charge in [-0.25, -0.2) is 4.79 Å². The first-order valence-corrected chi connectivity index (χ1v) is 8.13. The second-order valence-electron chi connectivity index (χ2n) is 5.21. The van der Waals surface area contributed by atoms with Crippen LogP contribution in [0.25, 0.3) is 0 Å². The molecule has 1 aromatic heterocycles. The highest BCUT2D eigenvalue weighted by Crippen LogP contribution is 2.18. The summed E-state index contributed by atoms with van der Waals surface area (Å²) in [5, 5.41) is 2.58. The van der Waals surface area contributed by atoms with Gasteiger partial charge in [-0.1, -0.05) is 28.1 Å². The maximum absolute atomic E-state index is 12.2. The Kier molecular flexibility index (Phi) is 6.35. The molecule has 25 heavy (non-hydrogen) atoms. The number of ether oxygens (including phenoxy) is 1. The molecule has 7 nitrogen and oxygen atoms in total. The number of nitrogens with one attached hydrogen (secondary N) is 1. The molecule has 0 radical (unpaired) electrons. The van der Waals surface area contributed by atoms with Gasteiger partial charge in [0.1, 0.15) is 0 Å². The van der Waals surface area contributed by atoms with Crippen molar-refractivity contribution >= 4 is 33.7 Å². The number of methoxy groups -OCH3 is 1. The predicted octanol–water partition coefficient (Wildman–Crippen LogP) is 2.14. The van der Waals surface area contributed by atoms with Crippen molar-refractivity contribution < 1.29 is 23.5 Å². The number of furan rings is 1. The summed E-state index contributed by atoms with van der Waals surface area (Å²) in [5.41, 5.74) is 0.573. The van der Waals surface area contributed by atoms with Crippen molar-refractivity contribution in [2.24, 2.45) is 0 Å². The number of hydrogen-bond acceptors (Lipinski definition) is 5. The first-order chi connectivity index (χ1) is 11.9. The summed E-state index contributed by atoms with van der Waals surface area (Å²) in [6.45, 7) is -0.233. The Labute approximate surface area is 153 Å². The second-order valence-corrected chi connectivity index (χ2v) is 6.13. The maximum Gasteiger partial charge on any atom is 0.333 e. The van der Waals surface area contributed by atoms with Crippen molar-refractivity contribution in [3.05, 3.63) is 58.5 Å². The van der Waals surface area contributed by atoms with Gasteiger partial charge in [0, 0.05) is 11.5 Å². The molecule has 0 bridgehead atoms. The Morgan fingerprint density at radius 2 is 1.92 bits per heavy atom. The third kappa shape index (κ3) is 4.93. The van der Waals surface area contributed by atoms with Crippen LogP contribution in [0.15, 0.2) is 51.6 Å². The number of hydrogen-bond donors (Lipinski definition) is 1. The van der Waals surface area contributed by atoms with Crippen LogP contribution in [0, 0.1) is 0 Å². The quantitative estimate of drug-likeness (QED) is 0.739. The molecule has 0 spiro atoms. The van der Waals surface area contributed by atoms with Crippen LogP contribution in [-0.4, -0.2) is 43.4 Å². The first kappa shape index (κ1) is 18.7. The molecule has 8 heteroatoms. The van der Waals surface area contributed by atoms with Crippen LogP contribution < -0.4 is 5.32 Å². The van der Waals surface area contributed by atoms with Gasteiger partial charge in [0.2, 0.25) is 5.91 Å². The fourth-order valence-corrected chi connectivity index (χ4v) is 2.40. The van der Waals surface area contributed by atoms with Gasteiger partial charge < -0.3 is 19.4 Å². The van der Waals surface area contributed by atoms with E-state index in [1.807, 2.05) is 0 Å². The lowest BCUT2D eigenvalue weighted by molar-refractivity contribution is -0.145. The highest BCUT2D eigenvalue weighted by Gasteiger charge is 2.25. The Morgan fingerprint density at radius 3 is 2.48 bits per heavy atom. The lowest BCUT2D eigenvalue weighted by Gasteiger charge is -2.20. The summed E-state index contributed by atoms with van der Waals surface area (Å²) in [6, 6.07) is 9.04. The fraction of sp³-hybridized carbons (Fsp3) is 0.235. The summed E-state index contributed by atoms with van der Waals surface area (Å²) in [5.74, 6) is -1.40. The topological polar surface area (TPSA) is 88.9 Å². The van der Waals surface area contributed by atoms with Crippen molar-refractivity contribution in [3.8, 4) is 0 Å². The number of carbonyl (C=O) groups is 3. The molecule has 1 N–H and O–H groups in total. The Hall–Kier alpha value is -2.61. The SMILES string of the molecule is COC(=O)C(NC(=O)CN(C)C(=O)c1ccco1)c1ccc(Br)cc1. The number of esters is 1. The van der Waals surface area contributed by atoms with Crippen LogP contribution in [-0.2, 0) is 14.3 Å². The fourth-order valence-electron chi connectivity index (χ4n) is 2.13. The lowest BCUT2D eigenvalue weighted by atomic mass is 10.1. The van der Waals surface area contributed by atoms with Gasteiger partial charge in [-0.15, -0.1) is 0 Å². The molecule has 2 amide bonds. The highest BCUT2D eigenvalue weighted by molar-refractivity contribution is 9.10. The minimum absolute atomic E-state index is 0.132. The summed E-state index contributed by atoms with van der Waals surface area (Å²) < 4.78 is 10.6. The Balaban J connectivity index is 2.05. The zero-order valence-corrected chi connectivity index (χ0v) is 15.3. The number of halogens is 1. The molecule has 0 aliphatic rings. The van der Waals surface area contributed by atoms with E-state index in [1.165, 1.54) is 31.4 Å². The average molecular weight is 409 g/mol. The molecular formula is C17H17BrN2O5. The van der Waals surface area contributed by atoms with E-state index in [0.717, 1.165) is 4.47 Å². The first-order valence-electron chi connectivity index (χ1n) is 7.34. The molecular weight excluding hydrogens is 392 g/mol. The van der Waals surface area contributed by atoms with Crippen molar-refractivity contribution in [2.75, 3.05) is 20.7 Å².